The molecule has 0 aromatic rings. The summed E-state index contributed by atoms with van der Waals surface area (Å²) in [6.45, 7) is 10.7. The van der Waals surface area contributed by atoms with E-state index in [-0.39, 0.29) is 17.5 Å². The van der Waals surface area contributed by atoms with Crippen molar-refractivity contribution in [1.82, 2.24) is 10.2 Å². The van der Waals surface area contributed by atoms with Crippen molar-refractivity contribution in [3.8, 4) is 0 Å². The summed E-state index contributed by atoms with van der Waals surface area (Å²) < 4.78 is 0. The summed E-state index contributed by atoms with van der Waals surface area (Å²) in [6.07, 6.45) is 0. The van der Waals surface area contributed by atoms with E-state index >= 15 is 0 Å². The van der Waals surface area contributed by atoms with Gasteiger partial charge < -0.3 is 10.2 Å². The molecule has 1 N–H and O–H groups in total. The molecule has 0 saturated heterocycles. The predicted octanol–water partition coefficient (Wildman–Crippen LogP) is 2.33. The van der Waals surface area contributed by atoms with Crippen molar-refractivity contribution >= 4 is 6.03 Å². The fourth-order valence-corrected chi connectivity index (χ4v) is 1.65. The molecule has 3 heteroatoms. The lowest BCUT2D eigenvalue weighted by molar-refractivity contribution is 0.178. The van der Waals surface area contributed by atoms with E-state index < -0.39 is 0 Å². The zero-order valence-corrected chi connectivity index (χ0v) is 10.5. The Morgan fingerprint density at radius 1 is 1.21 bits per heavy atom. The van der Waals surface area contributed by atoms with Gasteiger partial charge in [-0.15, -0.1) is 0 Å². The minimum Gasteiger partial charge on any atom is -0.334 e. The van der Waals surface area contributed by atoms with Crippen LogP contribution in [0.3, 0.4) is 0 Å². The maximum atomic E-state index is 11.5. The molecule has 84 valence electrons. The van der Waals surface area contributed by atoms with Crippen molar-refractivity contribution in [2.24, 2.45) is 11.3 Å². The van der Waals surface area contributed by atoms with Crippen LogP contribution in [0.15, 0.2) is 0 Å². The molecule has 0 saturated carbocycles. The van der Waals surface area contributed by atoms with Crippen molar-refractivity contribution in [3.63, 3.8) is 0 Å². The highest BCUT2D eigenvalue weighted by molar-refractivity contribution is 5.73. The van der Waals surface area contributed by atoms with Crippen LogP contribution < -0.4 is 5.32 Å². The molecular formula is C11H24N2O. The van der Waals surface area contributed by atoms with Crippen LogP contribution in [-0.2, 0) is 0 Å². The van der Waals surface area contributed by atoms with E-state index in [0.717, 1.165) is 0 Å². The van der Waals surface area contributed by atoms with Crippen LogP contribution in [0.5, 0.6) is 0 Å². The van der Waals surface area contributed by atoms with Gasteiger partial charge in [0.25, 0.3) is 0 Å². The highest BCUT2D eigenvalue weighted by Gasteiger charge is 2.29. The molecule has 0 heterocycles. The summed E-state index contributed by atoms with van der Waals surface area (Å²) in [6, 6.07) is 0.191. The van der Waals surface area contributed by atoms with Gasteiger partial charge in [0, 0.05) is 20.1 Å². The Labute approximate surface area is 87.9 Å². The van der Waals surface area contributed by atoms with E-state index in [1.165, 1.54) is 0 Å². The predicted molar refractivity (Wildman–Crippen MR) is 60.3 cm³/mol. The van der Waals surface area contributed by atoms with Crippen molar-refractivity contribution < 1.29 is 4.79 Å². The number of hydrogen-bond acceptors (Lipinski definition) is 1. The van der Waals surface area contributed by atoms with Crippen molar-refractivity contribution in [1.29, 1.82) is 0 Å². The summed E-state index contributed by atoms with van der Waals surface area (Å²) in [7, 11) is 3.52. The molecule has 0 aliphatic carbocycles. The first-order chi connectivity index (χ1) is 6.16. The lowest BCUT2D eigenvalue weighted by Gasteiger charge is -2.35. The highest BCUT2D eigenvalue weighted by atomic mass is 16.2. The molecule has 0 aliphatic rings. The molecule has 0 bridgehead atoms. The first kappa shape index (κ1) is 13.3. The molecular weight excluding hydrogens is 176 g/mol. The monoisotopic (exact) mass is 200 g/mol. The summed E-state index contributed by atoms with van der Waals surface area (Å²) in [5.74, 6) is 0.443. The average molecular weight is 200 g/mol. The zero-order valence-electron chi connectivity index (χ0n) is 10.5. The Morgan fingerprint density at radius 3 is 1.86 bits per heavy atom. The van der Waals surface area contributed by atoms with E-state index in [1.807, 2.05) is 0 Å². The molecule has 0 unspecified atom stereocenters. The number of nitrogens with one attached hydrogen (secondary N) is 1. The van der Waals surface area contributed by atoms with Crippen LogP contribution in [0.25, 0.3) is 0 Å². The van der Waals surface area contributed by atoms with Crippen LogP contribution in [0.1, 0.15) is 34.6 Å². The van der Waals surface area contributed by atoms with Crippen LogP contribution >= 0.6 is 0 Å². The maximum Gasteiger partial charge on any atom is 0.317 e. The van der Waals surface area contributed by atoms with E-state index in [0.29, 0.717) is 5.92 Å². The van der Waals surface area contributed by atoms with Gasteiger partial charge in [-0.3, -0.25) is 0 Å². The van der Waals surface area contributed by atoms with Gasteiger partial charge in [-0.05, 0) is 11.3 Å². The second-order valence-corrected chi connectivity index (χ2v) is 5.43. The third kappa shape index (κ3) is 3.99. The second kappa shape index (κ2) is 4.67. The Kier molecular flexibility index (Phi) is 4.43. The van der Waals surface area contributed by atoms with Crippen LogP contribution in [-0.4, -0.2) is 31.1 Å². The van der Waals surface area contributed by atoms with Gasteiger partial charge in [-0.25, -0.2) is 4.79 Å². The first-order valence-corrected chi connectivity index (χ1v) is 5.14. The molecule has 0 radical (unpaired) electrons. The lowest BCUT2D eigenvalue weighted by Crippen LogP contribution is -2.50. The number of nitrogens with zero attached hydrogens (tertiary/aromatic N) is 1. The molecule has 0 aromatic heterocycles. The summed E-state index contributed by atoms with van der Waals surface area (Å²) >= 11 is 0. The van der Waals surface area contributed by atoms with Gasteiger partial charge >= 0.3 is 6.03 Å². The summed E-state index contributed by atoms with van der Waals surface area (Å²) in [4.78, 5) is 13.1. The highest BCUT2D eigenvalue weighted by Crippen LogP contribution is 2.24. The van der Waals surface area contributed by atoms with Crippen molar-refractivity contribution in [2.75, 3.05) is 14.1 Å². The van der Waals surface area contributed by atoms with Crippen molar-refractivity contribution in [2.45, 2.75) is 40.7 Å². The molecule has 0 aromatic carbocycles. The quantitative estimate of drug-likeness (QED) is 0.729. The van der Waals surface area contributed by atoms with Gasteiger partial charge in [-0.1, -0.05) is 34.6 Å². The molecule has 14 heavy (non-hydrogen) atoms. The van der Waals surface area contributed by atoms with E-state index in [1.54, 1.807) is 19.0 Å². The first-order valence-electron chi connectivity index (χ1n) is 5.14. The smallest absolute Gasteiger partial charge is 0.317 e. The number of hydrogen-bond donors (Lipinski definition) is 1. The van der Waals surface area contributed by atoms with Crippen LogP contribution in [0.2, 0.25) is 0 Å². The van der Waals surface area contributed by atoms with E-state index in [4.69, 9.17) is 0 Å². The van der Waals surface area contributed by atoms with E-state index in [2.05, 4.69) is 39.9 Å². The third-order valence-electron chi connectivity index (χ3n) is 2.28. The van der Waals surface area contributed by atoms with Gasteiger partial charge in [0.15, 0.2) is 0 Å². The third-order valence-corrected chi connectivity index (χ3v) is 2.28. The number of carbonyl (C=O) groups excluding carboxylic acids is 1. The molecule has 1 atom stereocenters. The zero-order chi connectivity index (χ0) is 11.5. The molecule has 0 rings (SSSR count). The molecule has 0 fully saturated rings. The van der Waals surface area contributed by atoms with Crippen molar-refractivity contribution in [3.05, 3.63) is 0 Å². The lowest BCUT2D eigenvalue weighted by atomic mass is 9.80. The van der Waals surface area contributed by atoms with Crippen LogP contribution in [0.4, 0.5) is 4.79 Å². The number of rotatable bonds is 2. The molecule has 2 amide bonds. The minimum atomic E-state index is -0.0152. The topological polar surface area (TPSA) is 32.3 Å². The van der Waals surface area contributed by atoms with Gasteiger partial charge in [0.2, 0.25) is 0 Å². The Bertz CT molecular complexity index is 192. The molecule has 0 spiro atoms. The normalized spacial score (nSPS) is 14.0. The largest absolute Gasteiger partial charge is 0.334 e. The minimum absolute atomic E-state index is 0.0152. The molecule has 3 nitrogen and oxygen atoms in total. The fraction of sp³-hybridized carbons (Fsp3) is 0.909. The fourth-order valence-electron chi connectivity index (χ4n) is 1.65. The number of amides is 2. The van der Waals surface area contributed by atoms with Gasteiger partial charge in [-0.2, -0.15) is 0 Å². The Balaban J connectivity index is 4.48. The average Bonchev–Trinajstić information content (AvgIpc) is 1.96. The number of carbonyl (C=O) groups is 1. The van der Waals surface area contributed by atoms with E-state index in [9.17, 15) is 4.79 Å². The summed E-state index contributed by atoms with van der Waals surface area (Å²) in [5, 5.41) is 3.04. The van der Waals surface area contributed by atoms with Gasteiger partial charge in [0.05, 0.1) is 0 Å². The summed E-state index contributed by atoms with van der Waals surface area (Å²) in [5.41, 5.74) is 0.0971. The molecule has 0 aliphatic heterocycles. The Morgan fingerprint density at radius 2 is 1.64 bits per heavy atom. The standard InChI is InChI=1S/C11H24N2O/c1-8(2)9(11(3,4)5)12-10(14)13(6)7/h8-9H,1-7H3,(H,12,14)/t9-/m0/s1. The Hall–Kier alpha value is -0.730. The SMILES string of the molecule is CC(C)[C@H](NC(=O)N(C)C)C(C)(C)C. The van der Waals surface area contributed by atoms with Crippen LogP contribution in [0, 0.1) is 11.3 Å². The number of urea groups is 1. The second-order valence-electron chi connectivity index (χ2n) is 5.43. The maximum absolute atomic E-state index is 11.5. The van der Waals surface area contributed by atoms with Gasteiger partial charge in [0.1, 0.15) is 0 Å².